The molecule has 0 heterocycles. The summed E-state index contributed by atoms with van der Waals surface area (Å²) in [6.07, 6.45) is 1.31. The summed E-state index contributed by atoms with van der Waals surface area (Å²) in [7, 11) is 0. The van der Waals surface area contributed by atoms with Gasteiger partial charge in [0.1, 0.15) is 0 Å². The molecule has 1 N–H and O–H groups in total. The van der Waals surface area contributed by atoms with E-state index in [4.69, 9.17) is 5.26 Å². The maximum Gasteiger partial charge on any atom is 0.220 e. The molecule has 0 bridgehead atoms. The minimum absolute atomic E-state index is 0.0221. The molecule has 24 heavy (non-hydrogen) atoms. The van der Waals surface area contributed by atoms with Crippen molar-refractivity contribution < 1.29 is 9.59 Å². The van der Waals surface area contributed by atoms with E-state index in [1.807, 2.05) is 30.3 Å². The smallest absolute Gasteiger partial charge is 0.220 e. The molecule has 1 amide bonds. The second-order valence-corrected chi connectivity index (χ2v) is 5.56. The van der Waals surface area contributed by atoms with Crippen LogP contribution in [0.25, 0.3) is 0 Å². The number of hydrogen-bond acceptors (Lipinski definition) is 3. The summed E-state index contributed by atoms with van der Waals surface area (Å²) >= 11 is 0. The topological polar surface area (TPSA) is 70.0 Å². The van der Waals surface area contributed by atoms with Gasteiger partial charge in [0.25, 0.3) is 0 Å². The first kappa shape index (κ1) is 17.4. The Labute approximate surface area is 142 Å². The molecule has 122 valence electrons. The third kappa shape index (κ3) is 5.06. The third-order valence-corrected chi connectivity index (χ3v) is 3.84. The van der Waals surface area contributed by atoms with E-state index < -0.39 is 0 Å². The van der Waals surface area contributed by atoms with Crippen LogP contribution in [0.2, 0.25) is 0 Å². The van der Waals surface area contributed by atoms with E-state index in [0.717, 1.165) is 12.0 Å². The third-order valence-electron chi connectivity index (χ3n) is 3.84. The van der Waals surface area contributed by atoms with Crippen LogP contribution in [0.4, 0.5) is 0 Å². The van der Waals surface area contributed by atoms with Gasteiger partial charge < -0.3 is 5.32 Å². The summed E-state index contributed by atoms with van der Waals surface area (Å²) < 4.78 is 0. The molecule has 4 heteroatoms. The van der Waals surface area contributed by atoms with Gasteiger partial charge >= 0.3 is 0 Å². The second-order valence-electron chi connectivity index (χ2n) is 5.56. The quantitative estimate of drug-likeness (QED) is 0.795. The molecule has 2 aromatic carbocycles. The van der Waals surface area contributed by atoms with Crippen LogP contribution in [0, 0.1) is 11.3 Å². The van der Waals surface area contributed by atoms with E-state index in [0.29, 0.717) is 17.7 Å². The van der Waals surface area contributed by atoms with E-state index >= 15 is 0 Å². The molecule has 0 unspecified atom stereocenters. The summed E-state index contributed by atoms with van der Waals surface area (Å²) in [5.41, 5.74) is 3.34. The summed E-state index contributed by atoms with van der Waals surface area (Å²) in [6, 6.07) is 16.6. The highest BCUT2D eigenvalue weighted by molar-refractivity contribution is 5.97. The molecular formula is C20H20N2O2. The number of nitrogens with zero attached hydrogens (tertiary/aromatic N) is 1. The molecule has 0 radical (unpaired) electrons. The van der Waals surface area contributed by atoms with Gasteiger partial charge in [0, 0.05) is 24.9 Å². The van der Waals surface area contributed by atoms with Crippen LogP contribution in [0.3, 0.4) is 0 Å². The predicted octanol–water partition coefficient (Wildman–Crippen LogP) is 3.40. The highest BCUT2D eigenvalue weighted by Gasteiger charge is 2.09. The van der Waals surface area contributed by atoms with Crippen LogP contribution in [-0.2, 0) is 17.8 Å². The zero-order valence-electron chi connectivity index (χ0n) is 13.7. The number of Topliss-reactive ketones (excluding diaryl/α,β-unsaturated/α-hetero) is 1. The minimum atomic E-state index is -0.155. The number of nitrogens with one attached hydrogen (secondary N) is 1. The van der Waals surface area contributed by atoms with Gasteiger partial charge in [-0.1, -0.05) is 43.3 Å². The number of carbonyl (C=O) groups excluding carboxylic acids is 2. The van der Waals surface area contributed by atoms with Crippen molar-refractivity contribution in [1.29, 1.82) is 5.26 Å². The van der Waals surface area contributed by atoms with Crippen LogP contribution in [0.1, 0.15) is 46.8 Å². The van der Waals surface area contributed by atoms with E-state index in [2.05, 4.69) is 12.2 Å². The SMILES string of the molecule is CCc1ccc(C(=O)CCC(=O)NCc2ccc(C#N)cc2)cc1. The lowest BCUT2D eigenvalue weighted by Gasteiger charge is -2.06. The minimum Gasteiger partial charge on any atom is -0.352 e. The van der Waals surface area contributed by atoms with Crippen molar-refractivity contribution >= 4 is 11.7 Å². The largest absolute Gasteiger partial charge is 0.352 e. The van der Waals surface area contributed by atoms with Crippen LogP contribution in [0.5, 0.6) is 0 Å². The van der Waals surface area contributed by atoms with Crippen LogP contribution in [0.15, 0.2) is 48.5 Å². The van der Waals surface area contributed by atoms with Crippen molar-refractivity contribution in [2.45, 2.75) is 32.7 Å². The Bertz CT molecular complexity index is 741. The summed E-state index contributed by atoms with van der Waals surface area (Å²) in [5.74, 6) is -0.177. The lowest BCUT2D eigenvalue weighted by atomic mass is 10.0. The van der Waals surface area contributed by atoms with Crippen LogP contribution < -0.4 is 5.32 Å². The zero-order chi connectivity index (χ0) is 17.4. The first-order valence-electron chi connectivity index (χ1n) is 8.00. The van der Waals surface area contributed by atoms with Gasteiger partial charge in [0.2, 0.25) is 5.91 Å². The van der Waals surface area contributed by atoms with Gasteiger partial charge in [0.15, 0.2) is 5.78 Å². The average Bonchev–Trinajstić information content (AvgIpc) is 2.64. The van der Waals surface area contributed by atoms with Gasteiger partial charge in [-0.2, -0.15) is 5.26 Å². The number of rotatable bonds is 7. The number of ketones is 1. The van der Waals surface area contributed by atoms with E-state index in [1.54, 1.807) is 24.3 Å². The lowest BCUT2D eigenvalue weighted by molar-refractivity contribution is -0.121. The molecule has 0 aromatic heterocycles. The van der Waals surface area contributed by atoms with Crippen LogP contribution in [-0.4, -0.2) is 11.7 Å². The summed E-state index contributed by atoms with van der Waals surface area (Å²) in [6.45, 7) is 2.46. The number of hydrogen-bond donors (Lipinski definition) is 1. The molecule has 0 atom stereocenters. The Hall–Kier alpha value is -2.93. The van der Waals surface area contributed by atoms with E-state index in [9.17, 15) is 9.59 Å². The molecule has 0 aliphatic heterocycles. The maximum atomic E-state index is 12.1. The number of benzene rings is 2. The summed E-state index contributed by atoms with van der Waals surface area (Å²) in [4.78, 5) is 23.9. The first-order chi connectivity index (χ1) is 11.6. The molecule has 0 fully saturated rings. The standard InChI is InChI=1S/C20H20N2O2/c1-2-15-7-9-18(10-8-15)19(23)11-12-20(24)22-14-17-5-3-16(13-21)4-6-17/h3-10H,2,11-12,14H2,1H3,(H,22,24). The zero-order valence-corrected chi connectivity index (χ0v) is 13.7. The van der Waals surface area contributed by atoms with Gasteiger partial charge in [-0.25, -0.2) is 0 Å². The Balaban J connectivity index is 1.77. The Morgan fingerprint density at radius 2 is 1.58 bits per heavy atom. The predicted molar refractivity (Wildman–Crippen MR) is 92.4 cm³/mol. The Morgan fingerprint density at radius 3 is 2.17 bits per heavy atom. The monoisotopic (exact) mass is 320 g/mol. The number of amides is 1. The lowest BCUT2D eigenvalue weighted by Crippen LogP contribution is -2.23. The second kappa shape index (κ2) is 8.64. The molecule has 0 saturated carbocycles. The molecule has 0 spiro atoms. The van der Waals surface area contributed by atoms with Crippen LogP contribution >= 0.6 is 0 Å². The molecular weight excluding hydrogens is 300 g/mol. The van der Waals surface area contributed by atoms with Gasteiger partial charge in [-0.3, -0.25) is 9.59 Å². The Morgan fingerprint density at radius 1 is 0.958 bits per heavy atom. The molecule has 2 rings (SSSR count). The van der Waals surface area contributed by atoms with Gasteiger partial charge in [-0.15, -0.1) is 0 Å². The highest BCUT2D eigenvalue weighted by Crippen LogP contribution is 2.09. The Kier molecular flexibility index (Phi) is 6.27. The maximum absolute atomic E-state index is 12.1. The number of nitriles is 1. The fraction of sp³-hybridized carbons (Fsp3) is 0.250. The number of carbonyl (C=O) groups is 2. The normalized spacial score (nSPS) is 10.0. The molecule has 0 saturated heterocycles. The van der Waals surface area contributed by atoms with Crippen molar-refractivity contribution in [3.05, 3.63) is 70.8 Å². The van der Waals surface area contributed by atoms with E-state index in [-0.39, 0.29) is 24.5 Å². The van der Waals surface area contributed by atoms with E-state index in [1.165, 1.54) is 5.56 Å². The fourth-order valence-corrected chi connectivity index (χ4v) is 2.28. The van der Waals surface area contributed by atoms with Crippen molar-refractivity contribution in [2.75, 3.05) is 0 Å². The van der Waals surface area contributed by atoms with Crippen molar-refractivity contribution in [3.8, 4) is 6.07 Å². The molecule has 4 nitrogen and oxygen atoms in total. The van der Waals surface area contributed by atoms with Crippen molar-refractivity contribution in [2.24, 2.45) is 0 Å². The summed E-state index contributed by atoms with van der Waals surface area (Å²) in [5, 5.41) is 11.5. The molecule has 0 aliphatic rings. The van der Waals surface area contributed by atoms with Gasteiger partial charge in [-0.05, 0) is 29.7 Å². The van der Waals surface area contributed by atoms with Crippen molar-refractivity contribution in [1.82, 2.24) is 5.32 Å². The average molecular weight is 320 g/mol. The molecule has 2 aromatic rings. The highest BCUT2D eigenvalue weighted by atomic mass is 16.2. The molecule has 0 aliphatic carbocycles. The van der Waals surface area contributed by atoms with Crippen molar-refractivity contribution in [3.63, 3.8) is 0 Å². The number of aryl methyl sites for hydroxylation is 1. The first-order valence-corrected chi connectivity index (χ1v) is 8.00. The fourth-order valence-electron chi connectivity index (χ4n) is 2.28. The van der Waals surface area contributed by atoms with Gasteiger partial charge in [0.05, 0.1) is 11.6 Å².